The van der Waals surface area contributed by atoms with Gasteiger partial charge in [0.2, 0.25) is 5.82 Å². The van der Waals surface area contributed by atoms with Crippen LogP contribution in [0.25, 0.3) is 0 Å². The Balaban J connectivity index is 2.31. The Morgan fingerprint density at radius 1 is 1.29 bits per heavy atom. The van der Waals surface area contributed by atoms with Gasteiger partial charge >= 0.3 is 5.69 Å². The molecule has 0 unspecified atom stereocenters. The number of amides is 1. The topological polar surface area (TPSA) is 85.1 Å². The van der Waals surface area contributed by atoms with E-state index in [1.807, 2.05) is 0 Å². The molecule has 0 fully saturated rings. The molecule has 0 saturated carbocycles. The number of anilines is 1. The highest BCUT2D eigenvalue weighted by molar-refractivity contribution is 6.29. The summed E-state index contributed by atoms with van der Waals surface area (Å²) in [5.74, 6) is -3.48. The lowest BCUT2D eigenvalue weighted by atomic mass is 10.1. The van der Waals surface area contributed by atoms with Crippen molar-refractivity contribution in [1.82, 2.24) is 4.98 Å². The van der Waals surface area contributed by atoms with Crippen LogP contribution in [0.15, 0.2) is 30.5 Å². The molecule has 2 rings (SSSR count). The van der Waals surface area contributed by atoms with Crippen molar-refractivity contribution in [2.75, 3.05) is 5.32 Å². The number of rotatable bonds is 3. The maximum Gasteiger partial charge on any atom is 0.307 e. The van der Waals surface area contributed by atoms with Gasteiger partial charge in [0.1, 0.15) is 11.0 Å². The molecule has 0 aliphatic rings. The van der Waals surface area contributed by atoms with Gasteiger partial charge in [-0.15, -0.1) is 0 Å². The number of nitrogens with zero attached hydrogens (tertiary/aromatic N) is 2. The third-order valence-corrected chi connectivity index (χ3v) is 2.67. The molecule has 108 valence electrons. The molecular formula is C12H6ClF2N3O3. The molecule has 21 heavy (non-hydrogen) atoms. The molecule has 2 aromatic rings. The van der Waals surface area contributed by atoms with Gasteiger partial charge in [0.05, 0.1) is 16.6 Å². The maximum absolute atomic E-state index is 13.7. The third-order valence-electron chi connectivity index (χ3n) is 2.46. The lowest BCUT2D eigenvalue weighted by molar-refractivity contribution is -0.387. The molecule has 6 nitrogen and oxygen atoms in total. The SMILES string of the molecule is O=C(Nc1ccnc(Cl)c1)c1cc(F)c([N+](=O)[O-])cc1F. The molecule has 1 amide bonds. The van der Waals surface area contributed by atoms with Crippen molar-refractivity contribution in [3.63, 3.8) is 0 Å². The summed E-state index contributed by atoms with van der Waals surface area (Å²) in [4.78, 5) is 24.9. The van der Waals surface area contributed by atoms with E-state index in [1.54, 1.807) is 0 Å². The van der Waals surface area contributed by atoms with Crippen molar-refractivity contribution in [3.8, 4) is 0 Å². The highest BCUT2D eigenvalue weighted by atomic mass is 35.5. The number of hydrogen-bond acceptors (Lipinski definition) is 4. The Labute approximate surface area is 121 Å². The number of nitro groups is 1. The van der Waals surface area contributed by atoms with E-state index in [9.17, 15) is 23.7 Å². The maximum atomic E-state index is 13.7. The first kappa shape index (κ1) is 14.8. The highest BCUT2D eigenvalue weighted by Crippen LogP contribution is 2.22. The largest absolute Gasteiger partial charge is 0.322 e. The predicted molar refractivity (Wildman–Crippen MR) is 70.2 cm³/mol. The van der Waals surface area contributed by atoms with Crippen LogP contribution in [0.2, 0.25) is 5.15 Å². The van der Waals surface area contributed by atoms with E-state index in [4.69, 9.17) is 11.6 Å². The molecule has 0 spiro atoms. The van der Waals surface area contributed by atoms with Gasteiger partial charge in [-0.1, -0.05) is 11.6 Å². The fourth-order valence-corrected chi connectivity index (χ4v) is 1.70. The first-order valence-electron chi connectivity index (χ1n) is 5.45. The van der Waals surface area contributed by atoms with Crippen molar-refractivity contribution >= 4 is 28.9 Å². The normalized spacial score (nSPS) is 10.2. The van der Waals surface area contributed by atoms with Crippen LogP contribution in [0.5, 0.6) is 0 Å². The number of carbonyl (C=O) groups excluding carboxylic acids is 1. The molecule has 0 radical (unpaired) electrons. The molecule has 0 aliphatic carbocycles. The summed E-state index contributed by atoms with van der Waals surface area (Å²) < 4.78 is 27.1. The lowest BCUT2D eigenvalue weighted by Crippen LogP contribution is -2.14. The van der Waals surface area contributed by atoms with Gasteiger partial charge in [0, 0.05) is 11.9 Å². The minimum absolute atomic E-state index is 0.100. The molecule has 1 aromatic carbocycles. The van der Waals surface area contributed by atoms with E-state index >= 15 is 0 Å². The van der Waals surface area contributed by atoms with Crippen molar-refractivity contribution in [2.45, 2.75) is 0 Å². The number of pyridine rings is 1. The van der Waals surface area contributed by atoms with Crippen molar-refractivity contribution in [2.24, 2.45) is 0 Å². The van der Waals surface area contributed by atoms with Gasteiger partial charge in [-0.3, -0.25) is 14.9 Å². The summed E-state index contributed by atoms with van der Waals surface area (Å²) in [6.45, 7) is 0. The molecule has 9 heteroatoms. The second-order valence-electron chi connectivity index (χ2n) is 3.86. The Bertz CT molecular complexity index is 740. The van der Waals surface area contributed by atoms with Crippen LogP contribution < -0.4 is 5.32 Å². The molecule has 0 atom stereocenters. The van der Waals surface area contributed by atoms with Crippen molar-refractivity contribution in [1.29, 1.82) is 0 Å². The molecule has 1 aromatic heterocycles. The molecule has 0 bridgehead atoms. The second-order valence-corrected chi connectivity index (χ2v) is 4.25. The summed E-state index contributed by atoms with van der Waals surface area (Å²) in [7, 11) is 0. The van der Waals surface area contributed by atoms with E-state index in [1.165, 1.54) is 18.3 Å². The summed E-state index contributed by atoms with van der Waals surface area (Å²) in [6.07, 6.45) is 1.31. The zero-order valence-electron chi connectivity index (χ0n) is 10.1. The van der Waals surface area contributed by atoms with Gasteiger partial charge in [-0.2, -0.15) is 4.39 Å². The zero-order chi connectivity index (χ0) is 15.6. The Morgan fingerprint density at radius 3 is 2.62 bits per heavy atom. The van der Waals surface area contributed by atoms with Crippen LogP contribution in [0.1, 0.15) is 10.4 Å². The Hall–Kier alpha value is -2.61. The molecule has 1 heterocycles. The number of halogens is 3. The average Bonchev–Trinajstić information content (AvgIpc) is 2.40. The van der Waals surface area contributed by atoms with Crippen molar-refractivity contribution in [3.05, 3.63) is 62.9 Å². The van der Waals surface area contributed by atoms with Gasteiger partial charge in [0.15, 0.2) is 0 Å². The lowest BCUT2D eigenvalue weighted by Gasteiger charge is -2.06. The number of nitro benzene ring substituents is 1. The summed E-state index contributed by atoms with van der Waals surface area (Å²) in [6, 6.07) is 3.51. The van der Waals surface area contributed by atoms with Crippen LogP contribution in [-0.2, 0) is 0 Å². The summed E-state index contributed by atoms with van der Waals surface area (Å²) in [5.41, 5.74) is -1.49. The van der Waals surface area contributed by atoms with Crippen LogP contribution >= 0.6 is 11.6 Å². The molecular weight excluding hydrogens is 308 g/mol. The fourth-order valence-electron chi connectivity index (χ4n) is 1.53. The number of aromatic nitrogens is 1. The first-order chi connectivity index (χ1) is 9.88. The number of nitrogens with one attached hydrogen (secondary N) is 1. The standard InChI is InChI=1S/C12H6ClF2N3O3/c13-11-3-6(1-2-16-11)17-12(19)7-4-9(15)10(18(20)21)5-8(7)14/h1-5H,(H,16,17,19). The molecule has 0 saturated heterocycles. The van der Waals surface area contributed by atoms with E-state index < -0.39 is 33.7 Å². The summed E-state index contributed by atoms with van der Waals surface area (Å²) in [5, 5.41) is 12.8. The molecule has 1 N–H and O–H groups in total. The van der Waals surface area contributed by atoms with Crippen LogP contribution in [0.3, 0.4) is 0 Å². The molecule has 0 aliphatic heterocycles. The van der Waals surface area contributed by atoms with E-state index in [2.05, 4.69) is 10.3 Å². The van der Waals surface area contributed by atoms with E-state index in [-0.39, 0.29) is 10.8 Å². The second kappa shape index (κ2) is 5.80. The smallest absolute Gasteiger partial charge is 0.307 e. The third kappa shape index (κ3) is 3.29. The summed E-state index contributed by atoms with van der Waals surface area (Å²) >= 11 is 5.61. The number of benzene rings is 1. The number of carbonyl (C=O) groups is 1. The number of hydrogen-bond donors (Lipinski definition) is 1. The first-order valence-corrected chi connectivity index (χ1v) is 5.82. The minimum atomic E-state index is -1.31. The van der Waals surface area contributed by atoms with E-state index in [0.717, 1.165) is 0 Å². The fraction of sp³-hybridized carbons (Fsp3) is 0. The van der Waals surface area contributed by atoms with Gasteiger partial charge in [0.25, 0.3) is 5.91 Å². The monoisotopic (exact) mass is 313 g/mol. The van der Waals surface area contributed by atoms with Crippen LogP contribution in [-0.4, -0.2) is 15.8 Å². The van der Waals surface area contributed by atoms with Gasteiger partial charge in [-0.25, -0.2) is 9.37 Å². The average molecular weight is 314 g/mol. The highest BCUT2D eigenvalue weighted by Gasteiger charge is 2.22. The van der Waals surface area contributed by atoms with Gasteiger partial charge < -0.3 is 5.32 Å². The predicted octanol–water partition coefficient (Wildman–Crippen LogP) is 3.17. The van der Waals surface area contributed by atoms with Crippen molar-refractivity contribution < 1.29 is 18.5 Å². The quantitative estimate of drug-likeness (QED) is 0.536. The zero-order valence-corrected chi connectivity index (χ0v) is 10.9. The Kier molecular flexibility index (Phi) is 4.08. The van der Waals surface area contributed by atoms with Crippen LogP contribution in [0, 0.1) is 21.7 Å². The van der Waals surface area contributed by atoms with Gasteiger partial charge in [-0.05, 0) is 18.2 Å². The Morgan fingerprint density at radius 2 is 2.00 bits per heavy atom. The minimum Gasteiger partial charge on any atom is -0.322 e. The van der Waals surface area contributed by atoms with E-state index in [0.29, 0.717) is 12.1 Å². The van der Waals surface area contributed by atoms with Crippen LogP contribution in [0.4, 0.5) is 20.2 Å².